The third-order valence-corrected chi connectivity index (χ3v) is 3.06. The molecule has 7 heteroatoms. The van der Waals surface area contributed by atoms with Crippen LogP contribution in [0.1, 0.15) is 10.4 Å². The van der Waals surface area contributed by atoms with E-state index in [9.17, 15) is 4.79 Å². The summed E-state index contributed by atoms with van der Waals surface area (Å²) in [5, 5.41) is 3.68. The molecular formula is C14H13ClN4OS. The molecule has 108 valence electrons. The number of nitrogens with two attached hydrogens (primary N) is 1. The lowest BCUT2D eigenvalue weighted by molar-refractivity contribution is 0.0944. The van der Waals surface area contributed by atoms with Gasteiger partial charge in [0.25, 0.3) is 5.91 Å². The fourth-order valence-corrected chi connectivity index (χ4v) is 1.84. The number of rotatable bonds is 2. The first-order valence-corrected chi connectivity index (χ1v) is 6.82. The van der Waals surface area contributed by atoms with Gasteiger partial charge in [0.05, 0.1) is 11.4 Å². The zero-order chi connectivity index (χ0) is 15.2. The first kappa shape index (κ1) is 15.1. The highest BCUT2D eigenvalue weighted by atomic mass is 35.5. The minimum Gasteiger partial charge on any atom is -0.397 e. The minimum atomic E-state index is -0.322. The van der Waals surface area contributed by atoms with Crippen LogP contribution in [0, 0.1) is 0 Å². The van der Waals surface area contributed by atoms with E-state index in [0.29, 0.717) is 22.0 Å². The smallest absolute Gasteiger partial charge is 0.269 e. The van der Waals surface area contributed by atoms with Crippen molar-refractivity contribution in [2.24, 2.45) is 0 Å². The Morgan fingerprint density at radius 1 is 1.05 bits per heavy atom. The van der Waals surface area contributed by atoms with E-state index >= 15 is 0 Å². The Hall–Kier alpha value is -2.31. The predicted octanol–water partition coefficient (Wildman–Crippen LogP) is 2.55. The molecule has 0 fully saturated rings. The second-order valence-electron chi connectivity index (χ2n) is 4.13. The Kier molecular flexibility index (Phi) is 4.97. The summed E-state index contributed by atoms with van der Waals surface area (Å²) in [4.78, 5) is 11.9. The van der Waals surface area contributed by atoms with Crippen LogP contribution in [-0.4, -0.2) is 11.0 Å². The molecule has 21 heavy (non-hydrogen) atoms. The van der Waals surface area contributed by atoms with E-state index in [1.54, 1.807) is 36.4 Å². The first-order valence-electron chi connectivity index (χ1n) is 6.03. The van der Waals surface area contributed by atoms with Gasteiger partial charge in [-0.3, -0.25) is 15.6 Å². The van der Waals surface area contributed by atoms with E-state index in [-0.39, 0.29) is 11.0 Å². The SMILES string of the molecule is Nc1ccccc1NC(=S)NNC(=O)c1ccc(Cl)cc1. The summed E-state index contributed by atoms with van der Waals surface area (Å²) in [5.41, 5.74) is 12.6. The van der Waals surface area contributed by atoms with Gasteiger partial charge in [-0.05, 0) is 48.6 Å². The summed E-state index contributed by atoms with van der Waals surface area (Å²) in [5.74, 6) is -0.322. The van der Waals surface area contributed by atoms with Crippen molar-refractivity contribution in [1.29, 1.82) is 0 Å². The van der Waals surface area contributed by atoms with E-state index < -0.39 is 0 Å². The molecule has 0 radical (unpaired) electrons. The normalized spacial score (nSPS) is 9.76. The lowest BCUT2D eigenvalue weighted by Gasteiger charge is -2.12. The average molecular weight is 321 g/mol. The maximum Gasteiger partial charge on any atom is 0.269 e. The first-order chi connectivity index (χ1) is 10.1. The summed E-state index contributed by atoms with van der Waals surface area (Å²) >= 11 is 10.8. The van der Waals surface area contributed by atoms with Crippen LogP contribution in [0.3, 0.4) is 0 Å². The topological polar surface area (TPSA) is 79.2 Å². The van der Waals surface area contributed by atoms with Gasteiger partial charge in [-0.2, -0.15) is 0 Å². The number of hydrazine groups is 1. The molecule has 2 aromatic carbocycles. The third kappa shape index (κ3) is 4.34. The molecule has 0 atom stereocenters. The largest absolute Gasteiger partial charge is 0.397 e. The molecule has 2 rings (SSSR count). The molecule has 0 aliphatic rings. The summed E-state index contributed by atoms with van der Waals surface area (Å²) < 4.78 is 0. The van der Waals surface area contributed by atoms with Gasteiger partial charge in [0.2, 0.25) is 0 Å². The van der Waals surface area contributed by atoms with Crippen LogP contribution in [0.25, 0.3) is 0 Å². The second kappa shape index (κ2) is 6.92. The number of hydrogen-bond donors (Lipinski definition) is 4. The van der Waals surface area contributed by atoms with Crippen molar-refractivity contribution >= 4 is 46.2 Å². The zero-order valence-electron chi connectivity index (χ0n) is 10.9. The van der Waals surface area contributed by atoms with Gasteiger partial charge in [0.15, 0.2) is 5.11 Å². The van der Waals surface area contributed by atoms with Crippen molar-refractivity contribution in [2.75, 3.05) is 11.1 Å². The number of nitrogens with one attached hydrogen (secondary N) is 3. The highest BCUT2D eigenvalue weighted by molar-refractivity contribution is 7.80. The van der Waals surface area contributed by atoms with Gasteiger partial charge in [0, 0.05) is 10.6 Å². The maximum absolute atomic E-state index is 11.9. The average Bonchev–Trinajstić information content (AvgIpc) is 2.48. The van der Waals surface area contributed by atoms with E-state index in [4.69, 9.17) is 29.6 Å². The Morgan fingerprint density at radius 3 is 2.38 bits per heavy atom. The lowest BCUT2D eigenvalue weighted by Crippen LogP contribution is -2.43. The second-order valence-corrected chi connectivity index (χ2v) is 4.97. The Bertz CT molecular complexity index is 660. The Labute approximate surface area is 132 Å². The van der Waals surface area contributed by atoms with Gasteiger partial charge < -0.3 is 11.1 Å². The molecule has 0 saturated heterocycles. The lowest BCUT2D eigenvalue weighted by atomic mass is 10.2. The van der Waals surface area contributed by atoms with Crippen molar-refractivity contribution in [2.45, 2.75) is 0 Å². The summed E-state index contributed by atoms with van der Waals surface area (Å²) in [7, 11) is 0. The molecule has 0 saturated carbocycles. The molecule has 0 heterocycles. The minimum absolute atomic E-state index is 0.232. The Morgan fingerprint density at radius 2 is 1.71 bits per heavy atom. The van der Waals surface area contributed by atoms with E-state index in [1.807, 2.05) is 12.1 Å². The molecule has 0 aromatic heterocycles. The number of carbonyl (C=O) groups is 1. The number of para-hydroxylation sites is 2. The molecule has 0 unspecified atom stereocenters. The van der Waals surface area contributed by atoms with Crippen molar-refractivity contribution in [3.63, 3.8) is 0 Å². The quantitative estimate of drug-likeness (QED) is 0.388. The van der Waals surface area contributed by atoms with E-state index in [2.05, 4.69) is 16.2 Å². The molecule has 5 nitrogen and oxygen atoms in total. The van der Waals surface area contributed by atoms with Crippen molar-refractivity contribution in [3.8, 4) is 0 Å². The molecule has 0 aliphatic carbocycles. The van der Waals surface area contributed by atoms with Gasteiger partial charge in [-0.15, -0.1) is 0 Å². The van der Waals surface area contributed by atoms with Gasteiger partial charge >= 0.3 is 0 Å². The fourth-order valence-electron chi connectivity index (χ4n) is 1.55. The molecule has 0 aliphatic heterocycles. The van der Waals surface area contributed by atoms with Crippen LogP contribution in [-0.2, 0) is 0 Å². The number of carbonyl (C=O) groups excluding carboxylic acids is 1. The summed E-state index contributed by atoms with van der Waals surface area (Å²) in [6.07, 6.45) is 0. The highest BCUT2D eigenvalue weighted by Gasteiger charge is 2.06. The zero-order valence-corrected chi connectivity index (χ0v) is 12.5. The fraction of sp³-hybridized carbons (Fsp3) is 0. The summed E-state index contributed by atoms with van der Waals surface area (Å²) in [6.45, 7) is 0. The molecule has 0 bridgehead atoms. The van der Waals surface area contributed by atoms with Crippen molar-refractivity contribution in [1.82, 2.24) is 10.9 Å². The van der Waals surface area contributed by atoms with Crippen LogP contribution < -0.4 is 21.9 Å². The highest BCUT2D eigenvalue weighted by Crippen LogP contribution is 2.16. The van der Waals surface area contributed by atoms with Gasteiger partial charge in [-0.25, -0.2) is 0 Å². The third-order valence-electron chi connectivity index (χ3n) is 2.60. The number of amides is 1. The van der Waals surface area contributed by atoms with Crippen LogP contribution >= 0.6 is 23.8 Å². The predicted molar refractivity (Wildman–Crippen MR) is 89.1 cm³/mol. The number of anilines is 2. The molecule has 1 amide bonds. The standard InChI is InChI=1S/C14H13ClN4OS/c15-10-7-5-9(6-8-10)13(20)18-19-14(21)17-12-4-2-1-3-11(12)16/h1-8H,16H2,(H,18,20)(H2,17,19,21). The van der Waals surface area contributed by atoms with Gasteiger partial charge in [-0.1, -0.05) is 23.7 Å². The molecular weight excluding hydrogens is 308 g/mol. The van der Waals surface area contributed by atoms with Crippen LogP contribution in [0.2, 0.25) is 5.02 Å². The van der Waals surface area contributed by atoms with Crippen molar-refractivity contribution < 1.29 is 4.79 Å². The van der Waals surface area contributed by atoms with Gasteiger partial charge in [0.1, 0.15) is 0 Å². The number of benzene rings is 2. The number of nitrogen functional groups attached to an aromatic ring is 1. The molecule has 5 N–H and O–H groups in total. The number of halogens is 1. The van der Waals surface area contributed by atoms with E-state index in [1.165, 1.54) is 0 Å². The van der Waals surface area contributed by atoms with Crippen molar-refractivity contribution in [3.05, 3.63) is 59.1 Å². The molecule has 2 aromatic rings. The number of thiocarbonyl (C=S) groups is 1. The monoisotopic (exact) mass is 320 g/mol. The van der Waals surface area contributed by atoms with E-state index in [0.717, 1.165) is 0 Å². The van der Waals surface area contributed by atoms with Crippen LogP contribution in [0.15, 0.2) is 48.5 Å². The number of hydrogen-bond acceptors (Lipinski definition) is 3. The maximum atomic E-state index is 11.9. The van der Waals surface area contributed by atoms with Crippen LogP contribution in [0.4, 0.5) is 11.4 Å². The van der Waals surface area contributed by atoms with Crippen LogP contribution in [0.5, 0.6) is 0 Å². The molecule has 0 spiro atoms. The Balaban J connectivity index is 1.88. The summed E-state index contributed by atoms with van der Waals surface area (Å²) in [6, 6.07) is 13.7.